The number of likely N-dealkylation sites (tertiary alicyclic amines) is 1. The van der Waals surface area contributed by atoms with Crippen LogP contribution in [-0.2, 0) is 16.1 Å². The highest BCUT2D eigenvalue weighted by Crippen LogP contribution is 2.28. The van der Waals surface area contributed by atoms with Crippen molar-refractivity contribution in [2.75, 3.05) is 17.2 Å². The summed E-state index contributed by atoms with van der Waals surface area (Å²) < 4.78 is 15.9. The summed E-state index contributed by atoms with van der Waals surface area (Å²) >= 11 is 5.87. The molecule has 11 nitrogen and oxygen atoms in total. The molecule has 13 heteroatoms. The fourth-order valence-electron chi connectivity index (χ4n) is 4.45. The highest BCUT2D eigenvalue weighted by atomic mass is 35.5. The van der Waals surface area contributed by atoms with E-state index in [1.54, 1.807) is 59.3 Å². The monoisotopic (exact) mass is 536 g/mol. The summed E-state index contributed by atoms with van der Waals surface area (Å²) in [6, 6.07) is 12.3. The zero-order valence-electron chi connectivity index (χ0n) is 19.8. The molecule has 1 aromatic carbocycles. The van der Waals surface area contributed by atoms with Crippen molar-refractivity contribution in [2.45, 2.75) is 25.2 Å². The number of amides is 3. The second kappa shape index (κ2) is 10.4. The van der Waals surface area contributed by atoms with Gasteiger partial charge in [-0.3, -0.25) is 14.4 Å². The van der Waals surface area contributed by atoms with Gasteiger partial charge < -0.3 is 25.8 Å². The maximum Gasteiger partial charge on any atom is 0.250 e. The molecule has 0 bridgehead atoms. The van der Waals surface area contributed by atoms with E-state index in [4.69, 9.17) is 17.3 Å². The molecule has 4 heterocycles. The molecule has 3 amide bonds. The number of rotatable bonds is 7. The first-order valence-corrected chi connectivity index (χ1v) is 12.0. The minimum absolute atomic E-state index is 0.144. The van der Waals surface area contributed by atoms with Crippen molar-refractivity contribution in [1.29, 1.82) is 0 Å². The third-order valence-corrected chi connectivity index (χ3v) is 6.35. The highest BCUT2D eigenvalue weighted by Gasteiger charge is 2.40. The Labute approximate surface area is 220 Å². The van der Waals surface area contributed by atoms with Gasteiger partial charge in [0.25, 0.3) is 5.91 Å². The van der Waals surface area contributed by atoms with E-state index < -0.39 is 29.9 Å². The number of carbonyl (C=O) groups excluding carboxylic acids is 3. The molecule has 194 valence electrons. The zero-order valence-corrected chi connectivity index (χ0v) is 20.6. The third-order valence-electron chi connectivity index (χ3n) is 6.14. The lowest BCUT2D eigenvalue weighted by Crippen LogP contribution is -2.44. The summed E-state index contributed by atoms with van der Waals surface area (Å²) in [5.74, 6) is -1.02. The number of benzene rings is 1. The van der Waals surface area contributed by atoms with Gasteiger partial charge >= 0.3 is 0 Å². The predicted molar refractivity (Wildman–Crippen MR) is 139 cm³/mol. The number of nitrogens with two attached hydrogens (primary N) is 1. The summed E-state index contributed by atoms with van der Waals surface area (Å²) in [5.41, 5.74) is 7.02. The molecule has 2 atom stereocenters. The molecular weight excluding hydrogens is 515 g/mol. The maximum atomic E-state index is 14.4. The van der Waals surface area contributed by atoms with Gasteiger partial charge in [0.1, 0.15) is 29.7 Å². The van der Waals surface area contributed by atoms with Crippen molar-refractivity contribution in [3.8, 4) is 0 Å². The molecule has 38 heavy (non-hydrogen) atoms. The minimum atomic E-state index is -1.36. The molecule has 1 saturated heterocycles. The Bertz CT molecular complexity index is 1530. The zero-order chi connectivity index (χ0) is 26.8. The molecule has 4 aromatic rings. The molecule has 0 radical (unpaired) electrons. The Morgan fingerprint density at radius 2 is 1.95 bits per heavy atom. The second-order valence-corrected chi connectivity index (χ2v) is 9.12. The van der Waals surface area contributed by atoms with Crippen LogP contribution < -0.4 is 16.4 Å². The van der Waals surface area contributed by atoms with Crippen LogP contribution in [0.2, 0.25) is 5.15 Å². The van der Waals surface area contributed by atoms with E-state index in [1.807, 2.05) is 0 Å². The largest absolute Gasteiger partial charge is 0.366 e. The van der Waals surface area contributed by atoms with E-state index in [0.29, 0.717) is 22.4 Å². The molecule has 0 spiro atoms. The predicted octanol–water partition coefficient (Wildman–Crippen LogP) is 2.90. The Morgan fingerprint density at radius 1 is 1.13 bits per heavy atom. The van der Waals surface area contributed by atoms with Crippen LogP contribution in [0, 0.1) is 0 Å². The highest BCUT2D eigenvalue weighted by molar-refractivity contribution is 6.29. The van der Waals surface area contributed by atoms with E-state index in [1.165, 1.54) is 11.1 Å². The lowest BCUT2D eigenvalue weighted by Gasteiger charge is -2.24. The fraction of sp³-hybridized carbons (Fsp3) is 0.200. The number of hydrogen-bond acceptors (Lipinski definition) is 7. The number of nitrogens with zero attached hydrogens (tertiary/aromatic N) is 5. The molecule has 4 N–H and O–H groups in total. The van der Waals surface area contributed by atoms with Crippen molar-refractivity contribution in [3.05, 3.63) is 71.6 Å². The Hall–Kier alpha value is -4.58. The third kappa shape index (κ3) is 5.25. The quantitative estimate of drug-likeness (QED) is 0.307. The van der Waals surface area contributed by atoms with Gasteiger partial charge in [0.2, 0.25) is 11.8 Å². The first-order chi connectivity index (χ1) is 18.3. The number of anilines is 3. The van der Waals surface area contributed by atoms with Crippen LogP contribution in [0.4, 0.5) is 21.7 Å². The summed E-state index contributed by atoms with van der Waals surface area (Å²) in [6.07, 6.45) is 1.52. The van der Waals surface area contributed by atoms with Gasteiger partial charge in [-0.1, -0.05) is 17.7 Å². The van der Waals surface area contributed by atoms with Gasteiger partial charge in [0.15, 0.2) is 5.82 Å². The Kier molecular flexibility index (Phi) is 6.88. The number of halogens is 2. The van der Waals surface area contributed by atoms with E-state index in [0.717, 1.165) is 0 Å². The van der Waals surface area contributed by atoms with Crippen molar-refractivity contribution in [3.63, 3.8) is 0 Å². The average molecular weight is 537 g/mol. The first-order valence-electron chi connectivity index (χ1n) is 11.6. The Balaban J connectivity index is 1.38. The topological polar surface area (TPSA) is 148 Å². The van der Waals surface area contributed by atoms with Crippen molar-refractivity contribution in [2.24, 2.45) is 5.73 Å². The smallest absolute Gasteiger partial charge is 0.250 e. The molecule has 0 unspecified atom stereocenters. The minimum Gasteiger partial charge on any atom is -0.366 e. The van der Waals surface area contributed by atoms with Crippen LogP contribution in [0.1, 0.15) is 16.8 Å². The van der Waals surface area contributed by atoms with E-state index in [-0.39, 0.29) is 36.0 Å². The number of carbonyl (C=O) groups is 3. The van der Waals surface area contributed by atoms with Crippen molar-refractivity contribution >= 4 is 57.5 Å². The van der Waals surface area contributed by atoms with Crippen molar-refractivity contribution in [1.82, 2.24) is 24.6 Å². The fourth-order valence-corrected chi connectivity index (χ4v) is 4.61. The molecule has 0 saturated carbocycles. The molecule has 0 aliphatic carbocycles. The van der Waals surface area contributed by atoms with Crippen LogP contribution in [0.15, 0.2) is 60.9 Å². The SMILES string of the molecule is NC(=O)c1cn(CC(=O)N2C[C@H](F)C[C@H]2C(=O)Nc2cccc(Cl)n2)c2ccc(Nc3cccnn3)cc12. The second-order valence-electron chi connectivity index (χ2n) is 8.73. The van der Waals surface area contributed by atoms with Crippen LogP contribution in [-0.4, -0.2) is 61.1 Å². The van der Waals surface area contributed by atoms with Gasteiger partial charge in [0, 0.05) is 35.4 Å². The van der Waals surface area contributed by atoms with Gasteiger partial charge in [-0.15, -0.1) is 5.10 Å². The summed E-state index contributed by atoms with van der Waals surface area (Å²) in [7, 11) is 0. The number of fused-ring (bicyclic) bond motifs is 1. The van der Waals surface area contributed by atoms with Gasteiger partial charge in [-0.05, 0) is 42.5 Å². The van der Waals surface area contributed by atoms with E-state index in [2.05, 4.69) is 25.8 Å². The summed E-state index contributed by atoms with van der Waals surface area (Å²) in [4.78, 5) is 43.6. The summed E-state index contributed by atoms with van der Waals surface area (Å²) in [5, 5.41) is 14.2. The normalized spacial score (nSPS) is 16.9. The Morgan fingerprint density at radius 3 is 2.68 bits per heavy atom. The maximum absolute atomic E-state index is 14.4. The van der Waals surface area contributed by atoms with Gasteiger partial charge in [0.05, 0.1) is 12.1 Å². The molecule has 5 rings (SSSR count). The molecule has 1 aliphatic rings. The number of alkyl halides is 1. The molecule has 3 aromatic heterocycles. The average Bonchev–Trinajstić information content (AvgIpc) is 3.45. The molecule has 1 fully saturated rings. The lowest BCUT2D eigenvalue weighted by atomic mass is 10.1. The standard InChI is InChI=1S/C25H22ClFN8O3/c26-20-3-1-4-21(31-20)32-25(38)19-9-14(27)11-35(19)23(36)13-34-12-17(24(28)37)16-10-15(6-7-18(16)34)30-22-5-2-8-29-33-22/h1-8,10,12,14,19H,9,11,13H2,(H2,28,37)(H,30,33)(H,31,32,38)/t14-,19+/m1/s1. The molecule has 1 aliphatic heterocycles. The lowest BCUT2D eigenvalue weighted by molar-refractivity contribution is -0.137. The van der Waals surface area contributed by atoms with E-state index in [9.17, 15) is 18.8 Å². The number of hydrogen-bond donors (Lipinski definition) is 3. The molecular formula is C25H22ClFN8O3. The summed E-state index contributed by atoms with van der Waals surface area (Å²) in [6.45, 7) is -0.458. The number of nitrogens with one attached hydrogen (secondary N) is 2. The van der Waals surface area contributed by atoms with Crippen LogP contribution in [0.3, 0.4) is 0 Å². The van der Waals surface area contributed by atoms with Gasteiger partial charge in [-0.25, -0.2) is 9.37 Å². The number of pyridine rings is 1. The van der Waals surface area contributed by atoms with Crippen LogP contribution in [0.25, 0.3) is 10.9 Å². The van der Waals surface area contributed by atoms with Crippen LogP contribution in [0.5, 0.6) is 0 Å². The first kappa shape index (κ1) is 25.1. The van der Waals surface area contributed by atoms with Gasteiger partial charge in [-0.2, -0.15) is 5.10 Å². The van der Waals surface area contributed by atoms with Crippen LogP contribution >= 0.6 is 11.6 Å². The van der Waals surface area contributed by atoms with E-state index >= 15 is 0 Å². The van der Waals surface area contributed by atoms with Crippen molar-refractivity contribution < 1.29 is 18.8 Å². The number of aromatic nitrogens is 4. The number of primary amides is 1.